The van der Waals surface area contributed by atoms with Crippen LogP contribution in [0.4, 0.5) is 0 Å². The van der Waals surface area contributed by atoms with Crippen LogP contribution in [-0.2, 0) is 12.8 Å². The van der Waals surface area contributed by atoms with Crippen molar-refractivity contribution in [2.75, 3.05) is 0 Å². The van der Waals surface area contributed by atoms with Crippen molar-refractivity contribution in [3.63, 3.8) is 0 Å². The second-order valence-corrected chi connectivity index (χ2v) is 5.52. The van der Waals surface area contributed by atoms with Gasteiger partial charge in [-0.15, -0.1) is 0 Å². The summed E-state index contributed by atoms with van der Waals surface area (Å²) >= 11 is 5.26. The van der Waals surface area contributed by atoms with Crippen molar-refractivity contribution in [2.45, 2.75) is 33.1 Å². The normalized spacial score (nSPS) is 13.9. The van der Waals surface area contributed by atoms with E-state index < -0.39 is 0 Å². The molecule has 3 rings (SSSR count). The Morgan fingerprint density at radius 1 is 1.22 bits per heavy atom. The smallest absolute Gasteiger partial charge is 0.105 e. The number of hydrogen-bond acceptors (Lipinski definition) is 2. The predicted octanol–water partition coefficient (Wildman–Crippen LogP) is 2.97. The topological polar surface area (TPSA) is 38.9 Å². The van der Waals surface area contributed by atoms with E-state index in [0.29, 0.717) is 4.99 Å². The van der Waals surface area contributed by atoms with Gasteiger partial charge in [-0.1, -0.05) is 12.2 Å². The van der Waals surface area contributed by atoms with Crippen molar-refractivity contribution >= 4 is 28.1 Å². The Bertz CT molecular complexity index is 674. The first-order chi connectivity index (χ1) is 8.58. The lowest BCUT2D eigenvalue weighted by Crippen LogP contribution is -2.14. The minimum absolute atomic E-state index is 0.504. The minimum atomic E-state index is 0.504. The first-order valence-corrected chi connectivity index (χ1v) is 6.71. The number of nitrogens with zero attached hydrogens (tertiary/aromatic N) is 1. The maximum atomic E-state index is 5.94. The van der Waals surface area contributed by atoms with Gasteiger partial charge in [0.1, 0.15) is 4.99 Å². The lowest BCUT2D eigenvalue weighted by molar-refractivity contribution is 0.901. The fraction of sp³-hybridized carbons (Fsp3) is 0.333. The monoisotopic (exact) mass is 256 g/mol. The van der Waals surface area contributed by atoms with E-state index in [1.807, 2.05) is 0 Å². The molecule has 2 aromatic rings. The highest BCUT2D eigenvalue weighted by molar-refractivity contribution is 7.80. The van der Waals surface area contributed by atoms with Crippen LogP contribution in [-0.4, -0.2) is 9.97 Å². The molecule has 0 atom stereocenters. The zero-order valence-corrected chi connectivity index (χ0v) is 11.5. The third-order valence-electron chi connectivity index (χ3n) is 3.87. The van der Waals surface area contributed by atoms with E-state index in [1.165, 1.54) is 22.4 Å². The van der Waals surface area contributed by atoms with Crippen LogP contribution < -0.4 is 5.73 Å². The fourth-order valence-corrected chi connectivity index (χ4v) is 3.04. The maximum absolute atomic E-state index is 5.94. The van der Waals surface area contributed by atoms with Gasteiger partial charge in [0.25, 0.3) is 0 Å². The Morgan fingerprint density at radius 2 is 1.94 bits per heavy atom. The molecule has 0 fully saturated rings. The van der Waals surface area contributed by atoms with Gasteiger partial charge in [-0.25, -0.2) is 0 Å². The first kappa shape index (κ1) is 11.6. The molecule has 1 aromatic heterocycles. The van der Waals surface area contributed by atoms with Gasteiger partial charge in [0.15, 0.2) is 0 Å². The lowest BCUT2D eigenvalue weighted by atomic mass is 9.98. The third-order valence-corrected chi connectivity index (χ3v) is 4.08. The van der Waals surface area contributed by atoms with E-state index in [9.17, 15) is 0 Å². The Balaban J connectivity index is 2.46. The molecule has 0 radical (unpaired) electrons. The molecule has 0 spiro atoms. The summed E-state index contributed by atoms with van der Waals surface area (Å²) in [7, 11) is 0. The number of pyridine rings is 1. The number of aryl methyl sites for hydroxylation is 3. The maximum Gasteiger partial charge on any atom is 0.105 e. The number of benzene rings is 1. The van der Waals surface area contributed by atoms with Crippen LogP contribution in [0.15, 0.2) is 12.1 Å². The largest absolute Gasteiger partial charge is 0.389 e. The Morgan fingerprint density at radius 3 is 2.67 bits per heavy atom. The number of fused-ring (bicyclic) bond motifs is 2. The van der Waals surface area contributed by atoms with E-state index >= 15 is 0 Å². The number of rotatable bonds is 1. The molecule has 1 aromatic carbocycles. The van der Waals surface area contributed by atoms with Gasteiger partial charge in [0, 0.05) is 16.6 Å². The molecule has 0 saturated carbocycles. The van der Waals surface area contributed by atoms with Crippen LogP contribution in [0.3, 0.4) is 0 Å². The molecule has 1 heterocycles. The summed E-state index contributed by atoms with van der Waals surface area (Å²) in [5.74, 6) is 0. The molecule has 3 heteroatoms. The van der Waals surface area contributed by atoms with Crippen molar-refractivity contribution in [3.8, 4) is 0 Å². The highest BCUT2D eigenvalue weighted by Gasteiger charge is 2.21. The van der Waals surface area contributed by atoms with E-state index in [1.54, 1.807) is 0 Å². The molecule has 0 saturated heterocycles. The molecule has 92 valence electrons. The van der Waals surface area contributed by atoms with E-state index in [2.05, 4.69) is 26.0 Å². The molecule has 0 amide bonds. The summed E-state index contributed by atoms with van der Waals surface area (Å²) in [6, 6.07) is 4.32. The fourth-order valence-electron chi connectivity index (χ4n) is 2.80. The third kappa shape index (κ3) is 1.62. The summed E-state index contributed by atoms with van der Waals surface area (Å²) in [6.07, 6.45) is 3.26. The lowest BCUT2D eigenvalue weighted by Gasteiger charge is -2.13. The van der Waals surface area contributed by atoms with Gasteiger partial charge < -0.3 is 5.73 Å². The van der Waals surface area contributed by atoms with Crippen LogP contribution in [0.2, 0.25) is 0 Å². The molecule has 0 bridgehead atoms. The van der Waals surface area contributed by atoms with Crippen LogP contribution >= 0.6 is 12.2 Å². The van der Waals surface area contributed by atoms with Gasteiger partial charge in [-0.2, -0.15) is 0 Å². The van der Waals surface area contributed by atoms with Crippen molar-refractivity contribution < 1.29 is 0 Å². The molecule has 2 nitrogen and oxygen atoms in total. The molecule has 2 N–H and O–H groups in total. The quantitative estimate of drug-likeness (QED) is 0.797. The SMILES string of the molecule is Cc1cc2nc3c(c(C(N)=S)c2cc1C)CCC3. The zero-order chi connectivity index (χ0) is 12.9. The van der Waals surface area contributed by atoms with Gasteiger partial charge in [0.05, 0.1) is 5.52 Å². The highest BCUT2D eigenvalue weighted by Crippen LogP contribution is 2.31. The molecular weight excluding hydrogens is 240 g/mol. The number of thiocarbonyl (C=S) groups is 1. The molecule has 0 unspecified atom stereocenters. The van der Waals surface area contributed by atoms with E-state index in [-0.39, 0.29) is 0 Å². The summed E-state index contributed by atoms with van der Waals surface area (Å²) in [5.41, 5.74) is 13.0. The van der Waals surface area contributed by atoms with E-state index in [0.717, 1.165) is 35.7 Å². The standard InChI is InChI=1S/C15H16N2S/c1-8-6-11-13(7-9(8)2)17-12-5-3-4-10(12)14(11)15(16)18/h6-7H,3-5H2,1-2H3,(H2,16,18). The predicted molar refractivity (Wildman–Crippen MR) is 79.1 cm³/mol. The van der Waals surface area contributed by atoms with Gasteiger partial charge in [-0.3, -0.25) is 4.98 Å². The van der Waals surface area contributed by atoms with Gasteiger partial charge in [0.2, 0.25) is 0 Å². The van der Waals surface area contributed by atoms with Crippen molar-refractivity contribution in [1.29, 1.82) is 0 Å². The van der Waals surface area contributed by atoms with Crippen LogP contribution in [0, 0.1) is 13.8 Å². The molecule has 1 aliphatic rings. The molecular formula is C15H16N2S. The Hall–Kier alpha value is -1.48. The molecule has 0 aliphatic heterocycles. The van der Waals surface area contributed by atoms with Gasteiger partial charge >= 0.3 is 0 Å². The highest BCUT2D eigenvalue weighted by atomic mass is 32.1. The Labute approximate surface area is 112 Å². The Kier molecular flexibility index (Phi) is 2.59. The van der Waals surface area contributed by atoms with Gasteiger partial charge in [-0.05, 0) is 61.9 Å². The summed E-state index contributed by atoms with van der Waals surface area (Å²) in [4.78, 5) is 5.29. The van der Waals surface area contributed by atoms with Crippen molar-refractivity contribution in [2.24, 2.45) is 5.73 Å². The van der Waals surface area contributed by atoms with Crippen molar-refractivity contribution in [3.05, 3.63) is 40.1 Å². The number of aromatic nitrogens is 1. The van der Waals surface area contributed by atoms with E-state index in [4.69, 9.17) is 22.9 Å². The molecule has 1 aliphatic carbocycles. The first-order valence-electron chi connectivity index (χ1n) is 6.30. The summed E-state index contributed by atoms with van der Waals surface area (Å²) in [6.45, 7) is 4.23. The van der Waals surface area contributed by atoms with Crippen molar-refractivity contribution in [1.82, 2.24) is 4.98 Å². The zero-order valence-electron chi connectivity index (χ0n) is 10.7. The average Bonchev–Trinajstić information content (AvgIpc) is 2.74. The minimum Gasteiger partial charge on any atom is -0.389 e. The van der Waals surface area contributed by atoms with Crippen LogP contribution in [0.1, 0.15) is 34.4 Å². The molecule has 18 heavy (non-hydrogen) atoms. The summed E-state index contributed by atoms with van der Waals surface area (Å²) < 4.78 is 0. The number of nitrogens with two attached hydrogens (primary N) is 1. The average molecular weight is 256 g/mol. The summed E-state index contributed by atoms with van der Waals surface area (Å²) in [5, 5.41) is 1.12. The second-order valence-electron chi connectivity index (χ2n) is 5.08. The second kappa shape index (κ2) is 4.02. The number of hydrogen-bond donors (Lipinski definition) is 1. The van der Waals surface area contributed by atoms with Crippen LogP contribution in [0.5, 0.6) is 0 Å². The van der Waals surface area contributed by atoms with Crippen LogP contribution in [0.25, 0.3) is 10.9 Å².